The van der Waals surface area contributed by atoms with E-state index in [2.05, 4.69) is 22.9 Å². The van der Waals surface area contributed by atoms with Crippen LogP contribution < -0.4 is 4.74 Å². The average Bonchev–Trinajstić information content (AvgIpc) is 2.34. The second-order valence-electron chi connectivity index (χ2n) is 4.99. The number of nitrogens with zero attached hydrogens (tertiary/aromatic N) is 1. The summed E-state index contributed by atoms with van der Waals surface area (Å²) in [4.78, 5) is 14.4. The third-order valence-corrected chi connectivity index (χ3v) is 3.12. The number of hydrogen-bond acceptors (Lipinski definition) is 2. The van der Waals surface area contributed by atoms with E-state index in [-0.39, 0.29) is 12.0 Å². The summed E-state index contributed by atoms with van der Waals surface area (Å²) in [7, 11) is 1.83. The van der Waals surface area contributed by atoms with Gasteiger partial charge in [0.25, 0.3) is 5.91 Å². The molecule has 0 radical (unpaired) electrons. The summed E-state index contributed by atoms with van der Waals surface area (Å²) in [5.41, 5.74) is 0.669. The molecule has 1 unspecified atom stereocenters. The largest absolute Gasteiger partial charge is 0.491 e. The van der Waals surface area contributed by atoms with Gasteiger partial charge in [0.15, 0.2) is 0 Å². The first-order valence-corrected chi connectivity index (χ1v) is 7.48. The fraction of sp³-hybridized carbons (Fsp3) is 0.533. The molecule has 0 bridgehead atoms. The quantitative estimate of drug-likeness (QED) is 0.745. The minimum atomic E-state index is 0.0300. The molecule has 0 saturated carbocycles. The van der Waals surface area contributed by atoms with E-state index in [0.717, 1.165) is 18.7 Å². The third kappa shape index (κ3) is 5.64. The molecule has 19 heavy (non-hydrogen) atoms. The number of benzene rings is 1. The fourth-order valence-corrected chi connectivity index (χ4v) is 1.87. The monoisotopic (exact) mass is 327 g/mol. The molecule has 0 saturated heterocycles. The molecule has 4 heteroatoms. The van der Waals surface area contributed by atoms with Gasteiger partial charge in [-0.15, -0.1) is 0 Å². The normalized spacial score (nSPS) is 12.3. The summed E-state index contributed by atoms with van der Waals surface area (Å²) in [5.74, 6) is 0.769. The Morgan fingerprint density at radius 1 is 1.37 bits per heavy atom. The molecule has 0 heterocycles. The SMILES string of the molecule is CC(Br)CCN(C)C(=O)c1cccc(OC(C)C)c1. The highest BCUT2D eigenvalue weighted by Gasteiger charge is 2.13. The minimum Gasteiger partial charge on any atom is -0.491 e. The lowest BCUT2D eigenvalue weighted by Gasteiger charge is -2.18. The Morgan fingerprint density at radius 3 is 2.63 bits per heavy atom. The van der Waals surface area contributed by atoms with Crippen LogP contribution in [0.3, 0.4) is 0 Å². The van der Waals surface area contributed by atoms with Crippen LogP contribution in [0.1, 0.15) is 37.6 Å². The Kier molecular flexibility index (Phi) is 6.35. The summed E-state index contributed by atoms with van der Waals surface area (Å²) in [6.45, 7) is 6.76. The average molecular weight is 328 g/mol. The minimum absolute atomic E-state index is 0.0300. The lowest BCUT2D eigenvalue weighted by molar-refractivity contribution is 0.0793. The third-order valence-electron chi connectivity index (χ3n) is 2.66. The number of carbonyl (C=O) groups is 1. The number of alkyl halides is 1. The predicted octanol–water partition coefficient (Wildman–Crippen LogP) is 3.72. The summed E-state index contributed by atoms with van der Waals surface area (Å²) in [5, 5.41) is 0. The fourth-order valence-electron chi connectivity index (χ4n) is 1.67. The molecule has 0 N–H and O–H groups in total. The highest BCUT2D eigenvalue weighted by molar-refractivity contribution is 9.09. The standard InChI is InChI=1S/C15H22BrNO2/c1-11(2)19-14-7-5-6-13(10-14)15(18)17(4)9-8-12(3)16/h5-7,10-12H,8-9H2,1-4H3. The predicted molar refractivity (Wildman–Crippen MR) is 82.2 cm³/mol. The highest BCUT2D eigenvalue weighted by atomic mass is 79.9. The van der Waals surface area contributed by atoms with Crippen LogP contribution in [0.25, 0.3) is 0 Å². The Bertz CT molecular complexity index is 418. The zero-order chi connectivity index (χ0) is 14.4. The molecule has 0 aliphatic carbocycles. The van der Waals surface area contributed by atoms with Crippen LogP contribution >= 0.6 is 15.9 Å². The van der Waals surface area contributed by atoms with E-state index in [4.69, 9.17) is 4.74 Å². The molecule has 3 nitrogen and oxygen atoms in total. The lowest BCUT2D eigenvalue weighted by atomic mass is 10.2. The molecular weight excluding hydrogens is 306 g/mol. The molecule has 1 amide bonds. The maximum Gasteiger partial charge on any atom is 0.253 e. The van der Waals surface area contributed by atoms with Crippen LogP contribution in [0, 0.1) is 0 Å². The van der Waals surface area contributed by atoms with E-state index in [9.17, 15) is 4.79 Å². The van der Waals surface area contributed by atoms with Crippen LogP contribution in [0.15, 0.2) is 24.3 Å². The maximum absolute atomic E-state index is 12.3. The second kappa shape index (κ2) is 7.53. The van der Waals surface area contributed by atoms with E-state index < -0.39 is 0 Å². The molecule has 1 rings (SSSR count). The van der Waals surface area contributed by atoms with Crippen molar-refractivity contribution in [1.29, 1.82) is 0 Å². The van der Waals surface area contributed by atoms with Crippen molar-refractivity contribution in [1.82, 2.24) is 4.90 Å². The molecule has 106 valence electrons. The van der Waals surface area contributed by atoms with Gasteiger partial charge < -0.3 is 9.64 Å². The van der Waals surface area contributed by atoms with Gasteiger partial charge in [-0.25, -0.2) is 0 Å². The number of rotatable bonds is 6. The van der Waals surface area contributed by atoms with E-state index >= 15 is 0 Å². The number of ether oxygens (including phenoxy) is 1. The van der Waals surface area contributed by atoms with E-state index in [0.29, 0.717) is 10.4 Å². The van der Waals surface area contributed by atoms with Crippen LogP contribution in [0.4, 0.5) is 0 Å². The van der Waals surface area contributed by atoms with Crippen molar-refractivity contribution in [3.8, 4) is 5.75 Å². The first kappa shape index (κ1) is 16.0. The van der Waals surface area contributed by atoms with Gasteiger partial charge in [-0.05, 0) is 38.5 Å². The first-order chi connectivity index (χ1) is 8.90. The molecule has 0 fully saturated rings. The van der Waals surface area contributed by atoms with Crippen molar-refractivity contribution in [2.75, 3.05) is 13.6 Å². The van der Waals surface area contributed by atoms with E-state index in [1.54, 1.807) is 11.0 Å². The smallest absolute Gasteiger partial charge is 0.253 e. The molecule has 1 aromatic rings. The van der Waals surface area contributed by atoms with E-state index in [1.165, 1.54) is 0 Å². The first-order valence-electron chi connectivity index (χ1n) is 6.56. The molecule has 0 aromatic heterocycles. The Hall–Kier alpha value is -1.03. The van der Waals surface area contributed by atoms with Gasteiger partial charge in [0.05, 0.1) is 6.10 Å². The van der Waals surface area contributed by atoms with Crippen LogP contribution in [0.5, 0.6) is 5.75 Å². The number of carbonyl (C=O) groups excluding carboxylic acids is 1. The summed E-state index contributed by atoms with van der Waals surface area (Å²) < 4.78 is 5.60. The Labute approximate surface area is 124 Å². The number of amides is 1. The molecule has 0 aliphatic rings. The Morgan fingerprint density at radius 2 is 2.05 bits per heavy atom. The number of hydrogen-bond donors (Lipinski definition) is 0. The van der Waals surface area contributed by atoms with Crippen molar-refractivity contribution in [2.24, 2.45) is 0 Å². The van der Waals surface area contributed by atoms with Gasteiger partial charge in [-0.3, -0.25) is 4.79 Å². The van der Waals surface area contributed by atoms with Gasteiger partial charge >= 0.3 is 0 Å². The van der Waals surface area contributed by atoms with Gasteiger partial charge in [0.2, 0.25) is 0 Å². The molecule has 0 aliphatic heterocycles. The van der Waals surface area contributed by atoms with Gasteiger partial charge in [-0.2, -0.15) is 0 Å². The van der Waals surface area contributed by atoms with Gasteiger partial charge in [-0.1, -0.05) is 28.9 Å². The van der Waals surface area contributed by atoms with Crippen molar-refractivity contribution < 1.29 is 9.53 Å². The van der Waals surface area contributed by atoms with Gasteiger partial charge in [0.1, 0.15) is 5.75 Å². The van der Waals surface area contributed by atoms with Crippen LogP contribution in [-0.4, -0.2) is 35.3 Å². The molecular formula is C15H22BrNO2. The van der Waals surface area contributed by atoms with Gasteiger partial charge in [0, 0.05) is 24.0 Å². The van der Waals surface area contributed by atoms with Crippen LogP contribution in [0.2, 0.25) is 0 Å². The summed E-state index contributed by atoms with van der Waals surface area (Å²) in [6.07, 6.45) is 1.04. The zero-order valence-corrected chi connectivity index (χ0v) is 13.6. The highest BCUT2D eigenvalue weighted by Crippen LogP contribution is 2.16. The molecule has 0 spiro atoms. The lowest BCUT2D eigenvalue weighted by Crippen LogP contribution is -2.28. The summed E-state index contributed by atoms with van der Waals surface area (Å²) in [6, 6.07) is 7.35. The number of halogens is 1. The molecule has 1 atom stereocenters. The maximum atomic E-state index is 12.3. The van der Waals surface area contributed by atoms with Crippen molar-refractivity contribution in [2.45, 2.75) is 38.1 Å². The Balaban J connectivity index is 2.70. The van der Waals surface area contributed by atoms with E-state index in [1.807, 2.05) is 39.1 Å². The molecule has 1 aromatic carbocycles. The summed E-state index contributed by atoms with van der Waals surface area (Å²) >= 11 is 3.49. The van der Waals surface area contributed by atoms with Crippen molar-refractivity contribution in [3.05, 3.63) is 29.8 Å². The van der Waals surface area contributed by atoms with Crippen LogP contribution in [-0.2, 0) is 0 Å². The van der Waals surface area contributed by atoms with Crippen molar-refractivity contribution >= 4 is 21.8 Å². The second-order valence-corrected chi connectivity index (χ2v) is 6.55. The van der Waals surface area contributed by atoms with Crippen molar-refractivity contribution in [3.63, 3.8) is 0 Å². The topological polar surface area (TPSA) is 29.5 Å². The zero-order valence-electron chi connectivity index (χ0n) is 12.0.